The summed E-state index contributed by atoms with van der Waals surface area (Å²) in [6.07, 6.45) is 3.84. The minimum Gasteiger partial charge on any atom is -0.307 e. The van der Waals surface area contributed by atoms with Gasteiger partial charge >= 0.3 is 0 Å². The fourth-order valence-corrected chi connectivity index (χ4v) is 3.24. The maximum absolute atomic E-state index is 4.27. The maximum Gasteiger partial charge on any atom is 0.0565 e. The SMILES string of the molecule is CC(C)C(Cn1cccn1)NCc1sccc1Br. The van der Waals surface area contributed by atoms with E-state index < -0.39 is 0 Å². The van der Waals surface area contributed by atoms with Gasteiger partial charge in [-0.05, 0) is 39.4 Å². The van der Waals surface area contributed by atoms with Crippen LogP contribution >= 0.6 is 27.3 Å². The lowest BCUT2D eigenvalue weighted by atomic mass is 10.0. The van der Waals surface area contributed by atoms with Crippen molar-refractivity contribution in [3.63, 3.8) is 0 Å². The van der Waals surface area contributed by atoms with Crippen molar-refractivity contribution in [2.75, 3.05) is 0 Å². The smallest absolute Gasteiger partial charge is 0.0565 e. The molecular weight excluding hydrogens is 310 g/mol. The second-order valence-corrected chi connectivity index (χ2v) is 6.51. The minimum atomic E-state index is 0.430. The third-order valence-corrected chi connectivity index (χ3v) is 4.89. The highest BCUT2D eigenvalue weighted by molar-refractivity contribution is 9.10. The van der Waals surface area contributed by atoms with E-state index in [9.17, 15) is 0 Å². The molecule has 2 rings (SSSR count). The molecule has 2 aromatic rings. The molecule has 18 heavy (non-hydrogen) atoms. The summed E-state index contributed by atoms with van der Waals surface area (Å²) in [6.45, 7) is 6.30. The van der Waals surface area contributed by atoms with Crippen molar-refractivity contribution in [3.05, 3.63) is 39.3 Å². The van der Waals surface area contributed by atoms with E-state index in [1.807, 2.05) is 23.1 Å². The zero-order valence-electron chi connectivity index (χ0n) is 10.6. The summed E-state index contributed by atoms with van der Waals surface area (Å²) < 4.78 is 3.18. The molecule has 0 aliphatic carbocycles. The molecule has 0 spiro atoms. The first-order chi connectivity index (χ1) is 8.66. The van der Waals surface area contributed by atoms with E-state index in [-0.39, 0.29) is 0 Å². The number of hydrogen-bond donors (Lipinski definition) is 1. The highest BCUT2D eigenvalue weighted by atomic mass is 79.9. The van der Waals surface area contributed by atoms with Crippen LogP contribution in [0.5, 0.6) is 0 Å². The van der Waals surface area contributed by atoms with E-state index in [0.717, 1.165) is 13.1 Å². The predicted octanol–water partition coefficient (Wildman–Crippen LogP) is 3.52. The molecule has 5 heteroatoms. The summed E-state index contributed by atoms with van der Waals surface area (Å²) in [4.78, 5) is 1.35. The molecule has 0 aliphatic rings. The van der Waals surface area contributed by atoms with Gasteiger partial charge in [-0.25, -0.2) is 0 Å². The van der Waals surface area contributed by atoms with Crippen LogP contribution in [0.1, 0.15) is 18.7 Å². The normalized spacial score (nSPS) is 13.1. The van der Waals surface area contributed by atoms with Gasteiger partial charge in [-0.2, -0.15) is 5.10 Å². The first-order valence-electron chi connectivity index (χ1n) is 6.09. The Hall–Kier alpha value is -0.650. The van der Waals surface area contributed by atoms with Gasteiger partial charge in [-0.15, -0.1) is 11.3 Å². The van der Waals surface area contributed by atoms with Crippen LogP contribution in [-0.4, -0.2) is 15.8 Å². The van der Waals surface area contributed by atoms with Crippen LogP contribution in [0.15, 0.2) is 34.4 Å². The van der Waals surface area contributed by atoms with Crippen LogP contribution in [0.2, 0.25) is 0 Å². The summed E-state index contributed by atoms with van der Waals surface area (Å²) >= 11 is 5.35. The fourth-order valence-electron chi connectivity index (χ4n) is 1.80. The van der Waals surface area contributed by atoms with Crippen molar-refractivity contribution in [3.8, 4) is 0 Å². The van der Waals surface area contributed by atoms with E-state index in [1.165, 1.54) is 9.35 Å². The first kappa shape index (κ1) is 13.8. The molecule has 0 amide bonds. The van der Waals surface area contributed by atoms with Gasteiger partial charge in [-0.3, -0.25) is 4.68 Å². The van der Waals surface area contributed by atoms with Crippen LogP contribution in [0, 0.1) is 5.92 Å². The van der Waals surface area contributed by atoms with Crippen molar-refractivity contribution in [1.82, 2.24) is 15.1 Å². The second-order valence-electron chi connectivity index (χ2n) is 4.65. The molecule has 0 saturated carbocycles. The van der Waals surface area contributed by atoms with Crippen molar-refractivity contribution < 1.29 is 0 Å². The van der Waals surface area contributed by atoms with E-state index in [1.54, 1.807) is 11.3 Å². The summed E-state index contributed by atoms with van der Waals surface area (Å²) in [5, 5.41) is 10.0. The lowest BCUT2D eigenvalue weighted by molar-refractivity contribution is 0.341. The topological polar surface area (TPSA) is 29.9 Å². The van der Waals surface area contributed by atoms with Gasteiger partial charge in [-0.1, -0.05) is 13.8 Å². The molecule has 3 nitrogen and oxygen atoms in total. The highest BCUT2D eigenvalue weighted by Crippen LogP contribution is 2.22. The fraction of sp³-hybridized carbons (Fsp3) is 0.462. The Kier molecular flexibility index (Phi) is 4.97. The number of rotatable bonds is 6. The maximum atomic E-state index is 4.27. The zero-order valence-corrected chi connectivity index (χ0v) is 13.0. The number of hydrogen-bond acceptors (Lipinski definition) is 3. The molecule has 2 aromatic heterocycles. The van der Waals surface area contributed by atoms with Gasteiger partial charge in [0.1, 0.15) is 0 Å². The Bertz CT molecular complexity index is 464. The van der Waals surface area contributed by atoms with Crippen molar-refractivity contribution >= 4 is 27.3 Å². The van der Waals surface area contributed by atoms with Crippen molar-refractivity contribution in [1.29, 1.82) is 0 Å². The number of nitrogens with zero attached hydrogens (tertiary/aromatic N) is 2. The lowest BCUT2D eigenvalue weighted by Gasteiger charge is -2.22. The molecule has 0 aromatic carbocycles. The molecule has 0 fully saturated rings. The monoisotopic (exact) mass is 327 g/mol. The van der Waals surface area contributed by atoms with Crippen LogP contribution in [0.25, 0.3) is 0 Å². The van der Waals surface area contributed by atoms with Crippen LogP contribution in [0.4, 0.5) is 0 Å². The Morgan fingerprint density at radius 1 is 1.50 bits per heavy atom. The zero-order chi connectivity index (χ0) is 13.0. The van der Waals surface area contributed by atoms with Gasteiger partial charge in [0.15, 0.2) is 0 Å². The molecule has 0 aliphatic heterocycles. The number of nitrogens with one attached hydrogen (secondary N) is 1. The quantitative estimate of drug-likeness (QED) is 0.879. The molecule has 1 unspecified atom stereocenters. The second kappa shape index (κ2) is 6.50. The van der Waals surface area contributed by atoms with E-state index in [0.29, 0.717) is 12.0 Å². The molecule has 2 heterocycles. The Labute approximate surface area is 120 Å². The molecule has 1 N–H and O–H groups in total. The third kappa shape index (κ3) is 3.67. The van der Waals surface area contributed by atoms with Crippen LogP contribution in [0.3, 0.4) is 0 Å². The van der Waals surface area contributed by atoms with Crippen LogP contribution < -0.4 is 5.32 Å². The summed E-state index contributed by atoms with van der Waals surface area (Å²) in [5.41, 5.74) is 0. The number of aromatic nitrogens is 2. The number of halogens is 1. The molecule has 0 radical (unpaired) electrons. The largest absolute Gasteiger partial charge is 0.307 e. The Morgan fingerprint density at radius 3 is 2.89 bits per heavy atom. The van der Waals surface area contributed by atoms with Gasteiger partial charge in [0.2, 0.25) is 0 Å². The Balaban J connectivity index is 1.93. The van der Waals surface area contributed by atoms with Gasteiger partial charge in [0.05, 0.1) is 6.54 Å². The molecular formula is C13H18BrN3S. The first-order valence-corrected chi connectivity index (χ1v) is 7.76. The van der Waals surface area contributed by atoms with E-state index >= 15 is 0 Å². The van der Waals surface area contributed by atoms with Crippen LogP contribution in [-0.2, 0) is 13.1 Å². The average molecular weight is 328 g/mol. The van der Waals surface area contributed by atoms with Crippen molar-refractivity contribution in [2.45, 2.75) is 33.0 Å². The molecule has 98 valence electrons. The summed E-state index contributed by atoms with van der Waals surface area (Å²) in [7, 11) is 0. The van der Waals surface area contributed by atoms with E-state index in [2.05, 4.69) is 51.6 Å². The summed E-state index contributed by atoms with van der Waals surface area (Å²) in [6, 6.07) is 4.49. The molecule has 1 atom stereocenters. The number of thiophene rings is 1. The predicted molar refractivity (Wildman–Crippen MR) is 79.7 cm³/mol. The highest BCUT2D eigenvalue weighted by Gasteiger charge is 2.14. The standard InChI is InChI=1S/C13H18BrN3S/c1-10(2)12(9-17-6-3-5-16-17)15-8-13-11(14)4-7-18-13/h3-7,10,12,15H,8-9H2,1-2H3. The Morgan fingerprint density at radius 2 is 2.33 bits per heavy atom. The molecule has 0 saturated heterocycles. The van der Waals surface area contributed by atoms with Gasteiger partial charge in [0.25, 0.3) is 0 Å². The third-order valence-electron chi connectivity index (χ3n) is 2.96. The van der Waals surface area contributed by atoms with E-state index in [4.69, 9.17) is 0 Å². The lowest BCUT2D eigenvalue weighted by Crippen LogP contribution is -2.37. The van der Waals surface area contributed by atoms with Gasteiger partial charge in [0, 0.05) is 34.3 Å². The average Bonchev–Trinajstić information content (AvgIpc) is 2.96. The summed E-state index contributed by atoms with van der Waals surface area (Å²) in [5.74, 6) is 0.577. The van der Waals surface area contributed by atoms with Crippen molar-refractivity contribution in [2.24, 2.45) is 5.92 Å². The van der Waals surface area contributed by atoms with Gasteiger partial charge < -0.3 is 5.32 Å². The minimum absolute atomic E-state index is 0.430. The molecule has 0 bridgehead atoms.